The first-order valence-corrected chi connectivity index (χ1v) is 5.42. The van der Waals surface area contributed by atoms with Gasteiger partial charge >= 0.3 is 0 Å². The van der Waals surface area contributed by atoms with Crippen molar-refractivity contribution in [3.8, 4) is 0 Å². The minimum atomic E-state index is -0.0778. The summed E-state index contributed by atoms with van der Waals surface area (Å²) in [5, 5.41) is 3.58. The van der Waals surface area contributed by atoms with Crippen LogP contribution in [0.2, 0.25) is 0 Å². The molecule has 3 unspecified atom stereocenters. The first-order chi connectivity index (χ1) is 5.90. The highest BCUT2D eigenvalue weighted by Crippen LogP contribution is 2.31. The molecule has 0 aromatic heterocycles. The summed E-state index contributed by atoms with van der Waals surface area (Å²) in [6, 6.07) is 0.692. The van der Waals surface area contributed by atoms with E-state index in [2.05, 4.69) is 33.0 Å². The van der Waals surface area contributed by atoms with Gasteiger partial charge < -0.3 is 11.1 Å². The Labute approximate surface area is 82.3 Å². The minimum Gasteiger partial charge on any atom is -0.324 e. The van der Waals surface area contributed by atoms with E-state index >= 15 is 0 Å². The average molecular weight is 184 g/mol. The predicted octanol–water partition coefficient (Wildman–Crippen LogP) is 1.75. The molecule has 13 heavy (non-hydrogen) atoms. The summed E-state index contributed by atoms with van der Waals surface area (Å²) in [5.74, 6) is 1.68. The van der Waals surface area contributed by atoms with E-state index in [1.54, 1.807) is 0 Å². The van der Waals surface area contributed by atoms with Crippen molar-refractivity contribution in [2.75, 3.05) is 6.54 Å². The standard InChI is InChI=1S/C11H24N2/c1-8-5-6-10(9(8)2)13-7-11(3,4)12/h8-10,13H,5-7,12H2,1-4H3. The lowest BCUT2D eigenvalue weighted by Gasteiger charge is -2.25. The Morgan fingerprint density at radius 3 is 2.31 bits per heavy atom. The second-order valence-electron chi connectivity index (χ2n) is 5.39. The van der Waals surface area contributed by atoms with Crippen LogP contribution in [0.15, 0.2) is 0 Å². The summed E-state index contributed by atoms with van der Waals surface area (Å²) in [5.41, 5.74) is 5.85. The van der Waals surface area contributed by atoms with Gasteiger partial charge in [0, 0.05) is 18.1 Å². The van der Waals surface area contributed by atoms with Crippen LogP contribution in [0.3, 0.4) is 0 Å². The Morgan fingerprint density at radius 1 is 1.31 bits per heavy atom. The van der Waals surface area contributed by atoms with Crippen LogP contribution >= 0.6 is 0 Å². The lowest BCUT2D eigenvalue weighted by atomic mass is 9.97. The van der Waals surface area contributed by atoms with Crippen LogP contribution in [0.5, 0.6) is 0 Å². The van der Waals surface area contributed by atoms with E-state index in [-0.39, 0.29) is 5.54 Å². The molecule has 3 atom stereocenters. The van der Waals surface area contributed by atoms with E-state index in [1.807, 2.05) is 0 Å². The highest BCUT2D eigenvalue weighted by molar-refractivity contribution is 4.87. The maximum atomic E-state index is 5.93. The molecular weight excluding hydrogens is 160 g/mol. The monoisotopic (exact) mass is 184 g/mol. The summed E-state index contributed by atoms with van der Waals surface area (Å²) in [6.45, 7) is 9.76. The second-order valence-corrected chi connectivity index (χ2v) is 5.39. The first kappa shape index (κ1) is 11.0. The Balaban J connectivity index is 2.30. The molecule has 2 heteroatoms. The van der Waals surface area contributed by atoms with Crippen molar-refractivity contribution >= 4 is 0 Å². The average Bonchev–Trinajstić information content (AvgIpc) is 2.29. The predicted molar refractivity (Wildman–Crippen MR) is 57.6 cm³/mol. The van der Waals surface area contributed by atoms with Crippen molar-refractivity contribution in [2.45, 2.75) is 52.1 Å². The zero-order valence-electron chi connectivity index (χ0n) is 9.43. The zero-order chi connectivity index (χ0) is 10.1. The van der Waals surface area contributed by atoms with Crippen LogP contribution in [0.25, 0.3) is 0 Å². The van der Waals surface area contributed by atoms with Crippen molar-refractivity contribution in [3.63, 3.8) is 0 Å². The molecule has 0 bridgehead atoms. The molecule has 0 heterocycles. The van der Waals surface area contributed by atoms with Gasteiger partial charge in [-0.3, -0.25) is 0 Å². The number of nitrogens with two attached hydrogens (primary N) is 1. The van der Waals surface area contributed by atoms with Gasteiger partial charge in [-0.15, -0.1) is 0 Å². The van der Waals surface area contributed by atoms with Gasteiger partial charge in [-0.05, 0) is 38.5 Å². The van der Waals surface area contributed by atoms with Crippen molar-refractivity contribution in [1.82, 2.24) is 5.32 Å². The lowest BCUT2D eigenvalue weighted by Crippen LogP contribution is -2.47. The Morgan fingerprint density at radius 2 is 1.92 bits per heavy atom. The minimum absolute atomic E-state index is 0.0778. The number of nitrogens with one attached hydrogen (secondary N) is 1. The molecule has 78 valence electrons. The zero-order valence-corrected chi connectivity index (χ0v) is 9.43. The number of rotatable bonds is 3. The molecule has 0 spiro atoms. The lowest BCUT2D eigenvalue weighted by molar-refractivity contribution is 0.342. The van der Waals surface area contributed by atoms with Crippen LogP contribution in [0, 0.1) is 11.8 Å². The molecule has 0 amide bonds. The van der Waals surface area contributed by atoms with Crippen molar-refractivity contribution in [1.29, 1.82) is 0 Å². The summed E-state index contributed by atoms with van der Waals surface area (Å²) in [6.07, 6.45) is 2.68. The van der Waals surface area contributed by atoms with Crippen LogP contribution in [-0.2, 0) is 0 Å². The van der Waals surface area contributed by atoms with Gasteiger partial charge in [-0.2, -0.15) is 0 Å². The van der Waals surface area contributed by atoms with Crippen molar-refractivity contribution < 1.29 is 0 Å². The molecule has 2 nitrogen and oxygen atoms in total. The van der Waals surface area contributed by atoms with Crippen LogP contribution in [0.4, 0.5) is 0 Å². The molecule has 0 aromatic carbocycles. The third-order valence-electron chi connectivity index (χ3n) is 3.29. The Hall–Kier alpha value is -0.0800. The smallest absolute Gasteiger partial charge is 0.0223 e. The van der Waals surface area contributed by atoms with Gasteiger partial charge in [0.1, 0.15) is 0 Å². The molecule has 1 aliphatic carbocycles. The van der Waals surface area contributed by atoms with E-state index in [0.717, 1.165) is 18.4 Å². The second kappa shape index (κ2) is 3.97. The molecular formula is C11H24N2. The summed E-state index contributed by atoms with van der Waals surface area (Å²) < 4.78 is 0. The quantitative estimate of drug-likeness (QED) is 0.701. The topological polar surface area (TPSA) is 38.0 Å². The van der Waals surface area contributed by atoms with E-state index in [0.29, 0.717) is 6.04 Å². The molecule has 0 radical (unpaired) electrons. The van der Waals surface area contributed by atoms with Crippen LogP contribution in [-0.4, -0.2) is 18.1 Å². The number of hydrogen-bond donors (Lipinski definition) is 2. The number of hydrogen-bond acceptors (Lipinski definition) is 2. The van der Waals surface area contributed by atoms with E-state index in [4.69, 9.17) is 5.73 Å². The van der Waals surface area contributed by atoms with Crippen LogP contribution < -0.4 is 11.1 Å². The molecule has 1 saturated carbocycles. The molecule has 3 N–H and O–H groups in total. The van der Waals surface area contributed by atoms with Gasteiger partial charge in [0.2, 0.25) is 0 Å². The molecule has 1 rings (SSSR count). The first-order valence-electron chi connectivity index (χ1n) is 5.42. The maximum Gasteiger partial charge on any atom is 0.0223 e. The maximum absolute atomic E-state index is 5.93. The van der Waals surface area contributed by atoms with Gasteiger partial charge in [-0.1, -0.05) is 13.8 Å². The van der Waals surface area contributed by atoms with E-state index in [1.165, 1.54) is 12.8 Å². The molecule has 1 fully saturated rings. The van der Waals surface area contributed by atoms with Gasteiger partial charge in [0.05, 0.1) is 0 Å². The van der Waals surface area contributed by atoms with Crippen molar-refractivity contribution in [2.24, 2.45) is 17.6 Å². The molecule has 0 saturated heterocycles. The van der Waals surface area contributed by atoms with Crippen molar-refractivity contribution in [3.05, 3.63) is 0 Å². The fourth-order valence-corrected chi connectivity index (χ4v) is 2.05. The third-order valence-corrected chi connectivity index (χ3v) is 3.29. The Bertz CT molecular complexity index is 160. The SMILES string of the molecule is CC1CCC(NCC(C)(C)N)C1C. The van der Waals surface area contributed by atoms with E-state index in [9.17, 15) is 0 Å². The van der Waals surface area contributed by atoms with Gasteiger partial charge in [0.25, 0.3) is 0 Å². The largest absolute Gasteiger partial charge is 0.324 e. The molecule has 0 aromatic rings. The van der Waals surface area contributed by atoms with Gasteiger partial charge in [-0.25, -0.2) is 0 Å². The fourth-order valence-electron chi connectivity index (χ4n) is 2.05. The van der Waals surface area contributed by atoms with Crippen LogP contribution in [0.1, 0.15) is 40.5 Å². The Kier molecular flexibility index (Phi) is 3.36. The molecule has 0 aliphatic heterocycles. The van der Waals surface area contributed by atoms with E-state index < -0.39 is 0 Å². The highest BCUT2D eigenvalue weighted by atomic mass is 15.0. The highest BCUT2D eigenvalue weighted by Gasteiger charge is 2.29. The normalized spacial score (nSPS) is 35.3. The summed E-state index contributed by atoms with van der Waals surface area (Å²) in [7, 11) is 0. The summed E-state index contributed by atoms with van der Waals surface area (Å²) in [4.78, 5) is 0. The molecule has 1 aliphatic rings. The third kappa shape index (κ3) is 3.28. The van der Waals surface area contributed by atoms with Gasteiger partial charge in [0.15, 0.2) is 0 Å². The summed E-state index contributed by atoms with van der Waals surface area (Å²) >= 11 is 0. The fraction of sp³-hybridized carbons (Fsp3) is 1.00.